The third-order valence-corrected chi connectivity index (χ3v) is 16.2. The molecule has 2 aromatic heterocycles. The van der Waals surface area contributed by atoms with Crippen molar-refractivity contribution >= 4 is 132 Å². The lowest BCUT2D eigenvalue weighted by atomic mass is 9.44. The predicted octanol–water partition coefficient (Wildman–Crippen LogP) is 17.2. The molecule has 0 fully saturated rings. The predicted molar refractivity (Wildman–Crippen MR) is 306 cm³/mol. The second-order valence-corrected chi connectivity index (χ2v) is 19.9. The van der Waals surface area contributed by atoms with Gasteiger partial charge in [-0.2, -0.15) is 0 Å². The summed E-state index contributed by atoms with van der Waals surface area (Å²) in [6, 6.07) is 88.3. The smallest absolute Gasteiger partial charge is 0.333 e. The van der Waals surface area contributed by atoms with Gasteiger partial charge in [0.2, 0.25) is 0 Å². The monoisotopic (exact) mass is 910 g/mol. The van der Waals surface area contributed by atoms with Crippen LogP contribution in [-0.2, 0) is 0 Å². The van der Waals surface area contributed by atoms with Crippen molar-refractivity contribution in [3.63, 3.8) is 0 Å². The molecule has 0 saturated carbocycles. The van der Waals surface area contributed by atoms with E-state index in [2.05, 4.69) is 246 Å². The molecule has 15 aromatic rings. The Labute approximate surface area is 414 Å². The van der Waals surface area contributed by atoms with E-state index in [9.17, 15) is 0 Å². The molecule has 0 saturated heterocycles. The third kappa shape index (κ3) is 5.10. The standard InChI is InChI=1S/C68H39BN2O/c1-3-17-40(18-4-1)43-31-44(41-19-5-2-6-20-41)33-47(32-43)70-61-38-46-35-56-52-26-12-10-24-50(52)49-23-9-11-25-51(49)55(56)34-45(46)36-59(61)69-66-62(70)37-42-21-7-8-22-48(42)64(66)58-39-57-53-27-14-16-30-63(53)72-68(57)65-54-28-13-15-29-60(54)71(69)67(58)65/h1-39H. The maximum Gasteiger partial charge on any atom is 0.333 e. The number of furan rings is 1. The summed E-state index contributed by atoms with van der Waals surface area (Å²) in [7, 11) is 0. The van der Waals surface area contributed by atoms with E-state index < -0.39 is 0 Å². The van der Waals surface area contributed by atoms with Crippen LogP contribution < -0.4 is 15.8 Å². The van der Waals surface area contributed by atoms with Gasteiger partial charge in [0.15, 0.2) is 0 Å². The highest BCUT2D eigenvalue weighted by Crippen LogP contribution is 2.52. The summed E-state index contributed by atoms with van der Waals surface area (Å²) < 4.78 is 9.65. The van der Waals surface area contributed by atoms with Crippen LogP contribution in [0, 0.1) is 0 Å². The van der Waals surface area contributed by atoms with Crippen molar-refractivity contribution in [3.05, 3.63) is 237 Å². The number of anilines is 3. The first kappa shape index (κ1) is 38.5. The number of para-hydroxylation sites is 2. The molecule has 4 heteroatoms. The Hall–Kier alpha value is -9.38. The van der Waals surface area contributed by atoms with E-state index in [1.54, 1.807) is 0 Å². The van der Waals surface area contributed by atoms with Gasteiger partial charge in [-0.3, -0.25) is 0 Å². The largest absolute Gasteiger partial charge is 0.455 e. The van der Waals surface area contributed by atoms with Gasteiger partial charge in [-0.15, -0.1) is 0 Å². The summed E-state index contributed by atoms with van der Waals surface area (Å²) in [5, 5.41) is 17.2. The summed E-state index contributed by atoms with van der Waals surface area (Å²) in [6.07, 6.45) is 0. The van der Waals surface area contributed by atoms with Crippen LogP contribution in [0.4, 0.5) is 17.1 Å². The van der Waals surface area contributed by atoms with Crippen LogP contribution in [0.25, 0.3) is 131 Å². The molecule has 0 bridgehead atoms. The second-order valence-electron chi connectivity index (χ2n) is 19.9. The molecule has 13 aromatic carbocycles. The fraction of sp³-hybridized carbons (Fsp3) is 0. The minimum absolute atomic E-state index is 0.165. The van der Waals surface area contributed by atoms with E-state index in [4.69, 9.17) is 4.42 Å². The minimum Gasteiger partial charge on any atom is -0.455 e. The number of rotatable bonds is 3. The molecule has 0 N–H and O–H groups in total. The molecule has 0 spiro atoms. The van der Waals surface area contributed by atoms with Crippen LogP contribution in [0.2, 0.25) is 0 Å². The number of fused-ring (bicyclic) bond motifs is 20. The normalized spacial score (nSPS) is 12.9. The van der Waals surface area contributed by atoms with Crippen LogP contribution in [0.5, 0.6) is 0 Å². The van der Waals surface area contributed by atoms with Crippen molar-refractivity contribution in [2.75, 3.05) is 4.90 Å². The molecular formula is C68H39BN2O. The van der Waals surface area contributed by atoms with Crippen LogP contribution in [0.1, 0.15) is 0 Å². The maximum absolute atomic E-state index is 6.98. The van der Waals surface area contributed by atoms with E-state index in [0.29, 0.717) is 0 Å². The lowest BCUT2D eigenvalue weighted by Crippen LogP contribution is -2.56. The SMILES string of the molecule is c1ccc(-c2cc(-c3ccccc3)cc(N3c4cc5cc6c7ccccc7c7ccccc7c6cc5cc4B4c5c3cc3ccccc3c5-c3cc5c6ccccc6oc5c5c6ccccc6n4c35)c2)cc1. The first-order chi connectivity index (χ1) is 35.7. The average molecular weight is 911 g/mol. The lowest BCUT2D eigenvalue weighted by molar-refractivity contribution is 0.673. The van der Waals surface area contributed by atoms with Crippen molar-refractivity contribution in [1.82, 2.24) is 4.48 Å². The highest BCUT2D eigenvalue weighted by atomic mass is 16.3. The van der Waals surface area contributed by atoms with Crippen LogP contribution in [-0.4, -0.2) is 11.3 Å². The molecule has 0 aliphatic carbocycles. The summed E-state index contributed by atoms with van der Waals surface area (Å²) in [5.41, 5.74) is 17.6. The molecule has 330 valence electrons. The van der Waals surface area contributed by atoms with E-state index in [1.165, 1.54) is 131 Å². The average Bonchev–Trinajstić information content (AvgIpc) is 3.99. The molecule has 0 radical (unpaired) electrons. The Kier molecular flexibility index (Phi) is 7.55. The second kappa shape index (κ2) is 14.1. The number of hydrogen-bond acceptors (Lipinski definition) is 2. The zero-order valence-electron chi connectivity index (χ0n) is 38.9. The first-order valence-corrected chi connectivity index (χ1v) is 25.0. The third-order valence-electron chi connectivity index (χ3n) is 16.2. The Bertz CT molecular complexity index is 4820. The Morgan fingerprint density at radius 2 is 0.903 bits per heavy atom. The zero-order valence-corrected chi connectivity index (χ0v) is 38.9. The van der Waals surface area contributed by atoms with E-state index in [-0.39, 0.29) is 6.85 Å². The molecular weight excluding hydrogens is 872 g/mol. The summed E-state index contributed by atoms with van der Waals surface area (Å²) in [6.45, 7) is -0.165. The van der Waals surface area contributed by atoms with Gasteiger partial charge in [-0.1, -0.05) is 176 Å². The van der Waals surface area contributed by atoms with Crippen molar-refractivity contribution < 1.29 is 4.42 Å². The maximum atomic E-state index is 6.98. The Morgan fingerprint density at radius 1 is 0.361 bits per heavy atom. The zero-order chi connectivity index (χ0) is 46.8. The molecule has 0 amide bonds. The quantitative estimate of drug-likeness (QED) is 0.100. The van der Waals surface area contributed by atoms with Gasteiger partial charge in [0.1, 0.15) is 11.2 Å². The summed E-state index contributed by atoms with van der Waals surface area (Å²) >= 11 is 0. The Balaban J connectivity index is 1.07. The number of benzene rings is 13. The van der Waals surface area contributed by atoms with Crippen LogP contribution in [0.15, 0.2) is 241 Å². The fourth-order valence-electron chi connectivity index (χ4n) is 13.2. The number of aromatic nitrogens is 1. The van der Waals surface area contributed by atoms with E-state index >= 15 is 0 Å². The minimum atomic E-state index is -0.165. The van der Waals surface area contributed by atoms with E-state index in [0.717, 1.165) is 27.6 Å². The number of hydrogen-bond donors (Lipinski definition) is 0. The fourth-order valence-corrected chi connectivity index (χ4v) is 13.2. The molecule has 4 heterocycles. The van der Waals surface area contributed by atoms with Crippen molar-refractivity contribution in [3.8, 4) is 33.4 Å². The molecule has 0 atom stereocenters. The topological polar surface area (TPSA) is 21.3 Å². The van der Waals surface area contributed by atoms with Crippen molar-refractivity contribution in [2.45, 2.75) is 0 Å². The van der Waals surface area contributed by atoms with Crippen molar-refractivity contribution in [2.24, 2.45) is 0 Å². The van der Waals surface area contributed by atoms with Gasteiger partial charge in [-0.25, -0.2) is 0 Å². The molecule has 0 unspecified atom stereocenters. The molecule has 2 aliphatic heterocycles. The first-order valence-electron chi connectivity index (χ1n) is 25.0. The van der Waals surface area contributed by atoms with Gasteiger partial charge in [0.05, 0.1) is 5.39 Å². The molecule has 17 rings (SSSR count). The Morgan fingerprint density at radius 3 is 1.58 bits per heavy atom. The summed E-state index contributed by atoms with van der Waals surface area (Å²) in [4.78, 5) is 2.61. The van der Waals surface area contributed by atoms with Gasteiger partial charge in [-0.05, 0) is 153 Å². The van der Waals surface area contributed by atoms with Gasteiger partial charge >= 0.3 is 6.85 Å². The van der Waals surface area contributed by atoms with Gasteiger partial charge in [0.25, 0.3) is 0 Å². The van der Waals surface area contributed by atoms with Crippen LogP contribution in [0.3, 0.4) is 0 Å². The van der Waals surface area contributed by atoms with Gasteiger partial charge in [0, 0.05) is 49.8 Å². The van der Waals surface area contributed by atoms with Crippen LogP contribution >= 0.6 is 0 Å². The number of nitrogens with zero attached hydrogens (tertiary/aromatic N) is 2. The summed E-state index contributed by atoms with van der Waals surface area (Å²) in [5.74, 6) is 0. The highest BCUT2D eigenvalue weighted by Gasteiger charge is 2.44. The molecule has 72 heavy (non-hydrogen) atoms. The van der Waals surface area contributed by atoms with E-state index in [1.807, 2.05) is 0 Å². The molecule has 2 aliphatic rings. The highest BCUT2D eigenvalue weighted by molar-refractivity contribution is 6.90. The van der Waals surface area contributed by atoms with Gasteiger partial charge < -0.3 is 13.8 Å². The lowest BCUT2D eigenvalue weighted by Gasteiger charge is -2.41. The molecule has 3 nitrogen and oxygen atoms in total. The van der Waals surface area contributed by atoms with Crippen molar-refractivity contribution in [1.29, 1.82) is 0 Å².